The van der Waals surface area contributed by atoms with Gasteiger partial charge in [0.15, 0.2) is 0 Å². The van der Waals surface area contributed by atoms with Crippen LogP contribution in [-0.2, 0) is 5.60 Å². The summed E-state index contributed by atoms with van der Waals surface area (Å²) in [6, 6.07) is 8.48. The molecule has 3 atom stereocenters. The molecule has 0 aromatic heterocycles. The first kappa shape index (κ1) is 9.19. The maximum absolute atomic E-state index is 10.7. The molecular formula is C12H16N2O. The Hall–Kier alpha value is -1.06. The van der Waals surface area contributed by atoms with Crippen LogP contribution in [0.5, 0.6) is 0 Å². The number of benzene rings is 1. The van der Waals surface area contributed by atoms with E-state index in [0.717, 1.165) is 17.7 Å². The van der Waals surface area contributed by atoms with Crippen molar-refractivity contribution >= 4 is 5.69 Å². The van der Waals surface area contributed by atoms with Gasteiger partial charge in [0.1, 0.15) is 11.8 Å². The van der Waals surface area contributed by atoms with E-state index in [0.29, 0.717) is 6.04 Å². The summed E-state index contributed by atoms with van der Waals surface area (Å²) in [4.78, 5) is 2.14. The average molecular weight is 204 g/mol. The second-order valence-electron chi connectivity index (χ2n) is 4.73. The number of nitrogens with zero attached hydrogens (tertiary/aromatic N) is 1. The largest absolute Gasteiger partial charge is 0.381 e. The van der Waals surface area contributed by atoms with Crippen molar-refractivity contribution in [2.75, 3.05) is 11.9 Å². The van der Waals surface area contributed by atoms with Crippen molar-refractivity contribution in [1.29, 1.82) is 0 Å². The molecule has 2 heterocycles. The van der Waals surface area contributed by atoms with Gasteiger partial charge in [0.05, 0.1) is 0 Å². The molecule has 0 spiro atoms. The van der Waals surface area contributed by atoms with Crippen LogP contribution in [0.2, 0.25) is 0 Å². The molecule has 0 bridgehead atoms. The molecule has 0 saturated carbocycles. The smallest absolute Gasteiger partial charge is 0.127 e. The van der Waals surface area contributed by atoms with Gasteiger partial charge in [0.2, 0.25) is 0 Å². The standard InChI is InChI=1S/C12H16N2O/c1-8-7-12(15)9-5-3-4-6-10(9)14(2)11(12)13-8/h3-6,8,11,13,15H,7H2,1-2H3. The van der Waals surface area contributed by atoms with Crippen LogP contribution >= 0.6 is 0 Å². The lowest BCUT2D eigenvalue weighted by atomic mass is 9.91. The van der Waals surface area contributed by atoms with Crippen LogP contribution in [0.1, 0.15) is 18.9 Å². The summed E-state index contributed by atoms with van der Waals surface area (Å²) in [5, 5.41) is 14.1. The minimum absolute atomic E-state index is 0.0323. The third kappa shape index (κ3) is 1.02. The van der Waals surface area contributed by atoms with Crippen LogP contribution in [0.15, 0.2) is 24.3 Å². The van der Waals surface area contributed by atoms with Gasteiger partial charge in [-0.05, 0) is 19.4 Å². The molecule has 0 aliphatic carbocycles. The summed E-state index contributed by atoms with van der Waals surface area (Å²) in [6.07, 6.45) is 0.823. The molecule has 3 unspecified atom stereocenters. The highest BCUT2D eigenvalue weighted by atomic mass is 16.3. The number of likely N-dealkylation sites (N-methyl/N-ethyl adjacent to an activating group) is 1. The summed E-state index contributed by atoms with van der Waals surface area (Å²) in [7, 11) is 2.03. The van der Waals surface area contributed by atoms with E-state index in [-0.39, 0.29) is 6.17 Å². The van der Waals surface area contributed by atoms with E-state index in [1.54, 1.807) is 0 Å². The Morgan fingerprint density at radius 1 is 1.47 bits per heavy atom. The highest BCUT2D eigenvalue weighted by Gasteiger charge is 2.53. The minimum atomic E-state index is -0.704. The van der Waals surface area contributed by atoms with E-state index in [9.17, 15) is 5.11 Å². The molecule has 3 heteroatoms. The van der Waals surface area contributed by atoms with Crippen LogP contribution < -0.4 is 10.2 Å². The lowest BCUT2D eigenvalue weighted by Crippen LogP contribution is -2.46. The number of fused-ring (bicyclic) bond motifs is 3. The molecule has 2 N–H and O–H groups in total. The Balaban J connectivity index is 2.16. The summed E-state index contributed by atoms with van der Waals surface area (Å²) in [5.74, 6) is 0. The molecule has 2 aliphatic rings. The number of anilines is 1. The highest BCUT2D eigenvalue weighted by molar-refractivity contribution is 5.63. The van der Waals surface area contributed by atoms with Crippen molar-refractivity contribution in [2.45, 2.75) is 31.2 Å². The Kier molecular flexibility index (Phi) is 1.68. The fraction of sp³-hybridized carbons (Fsp3) is 0.500. The van der Waals surface area contributed by atoms with Crippen molar-refractivity contribution in [1.82, 2.24) is 5.32 Å². The molecule has 3 rings (SSSR count). The molecule has 2 aliphatic heterocycles. The third-order valence-corrected chi connectivity index (χ3v) is 3.65. The Bertz CT molecular complexity index is 406. The van der Waals surface area contributed by atoms with Gasteiger partial charge in [-0.2, -0.15) is 0 Å². The van der Waals surface area contributed by atoms with Crippen molar-refractivity contribution in [2.24, 2.45) is 0 Å². The molecule has 3 nitrogen and oxygen atoms in total. The van der Waals surface area contributed by atoms with E-state index >= 15 is 0 Å². The van der Waals surface area contributed by atoms with E-state index < -0.39 is 5.60 Å². The number of para-hydroxylation sites is 1. The summed E-state index contributed by atoms with van der Waals surface area (Å²) in [6.45, 7) is 2.12. The minimum Gasteiger partial charge on any atom is -0.381 e. The van der Waals surface area contributed by atoms with E-state index in [1.807, 2.05) is 25.2 Å². The van der Waals surface area contributed by atoms with E-state index in [2.05, 4.69) is 23.2 Å². The van der Waals surface area contributed by atoms with E-state index in [4.69, 9.17) is 0 Å². The van der Waals surface area contributed by atoms with Gasteiger partial charge in [-0.25, -0.2) is 0 Å². The fourth-order valence-corrected chi connectivity index (χ4v) is 3.02. The summed E-state index contributed by atoms with van der Waals surface area (Å²) >= 11 is 0. The SMILES string of the molecule is CC1CC2(O)c3ccccc3N(C)C2N1. The van der Waals surface area contributed by atoms with Crippen LogP contribution in [0.4, 0.5) is 5.69 Å². The van der Waals surface area contributed by atoms with Crippen molar-refractivity contribution in [3.8, 4) is 0 Å². The Labute approximate surface area is 89.7 Å². The van der Waals surface area contributed by atoms with Crippen LogP contribution in [0, 0.1) is 0 Å². The van der Waals surface area contributed by atoms with Gasteiger partial charge in [-0.1, -0.05) is 18.2 Å². The second-order valence-corrected chi connectivity index (χ2v) is 4.73. The quantitative estimate of drug-likeness (QED) is 0.662. The molecule has 1 aromatic carbocycles. The molecule has 1 fully saturated rings. The first-order valence-electron chi connectivity index (χ1n) is 5.44. The molecular weight excluding hydrogens is 188 g/mol. The molecule has 80 valence electrons. The fourth-order valence-electron chi connectivity index (χ4n) is 3.02. The lowest BCUT2D eigenvalue weighted by Gasteiger charge is -2.26. The van der Waals surface area contributed by atoms with Crippen molar-refractivity contribution in [3.05, 3.63) is 29.8 Å². The highest BCUT2D eigenvalue weighted by Crippen LogP contribution is 2.47. The van der Waals surface area contributed by atoms with Crippen LogP contribution in [-0.4, -0.2) is 24.4 Å². The molecule has 1 saturated heterocycles. The van der Waals surface area contributed by atoms with Crippen molar-refractivity contribution < 1.29 is 5.11 Å². The summed E-state index contributed by atoms with van der Waals surface area (Å²) in [5.41, 5.74) is 1.50. The zero-order valence-electron chi connectivity index (χ0n) is 9.07. The van der Waals surface area contributed by atoms with Gasteiger partial charge in [-0.3, -0.25) is 5.32 Å². The Morgan fingerprint density at radius 3 is 3.00 bits per heavy atom. The number of hydrogen-bond acceptors (Lipinski definition) is 3. The van der Waals surface area contributed by atoms with Crippen LogP contribution in [0.25, 0.3) is 0 Å². The van der Waals surface area contributed by atoms with Gasteiger partial charge in [0.25, 0.3) is 0 Å². The second kappa shape index (κ2) is 2.74. The van der Waals surface area contributed by atoms with Gasteiger partial charge in [-0.15, -0.1) is 0 Å². The van der Waals surface area contributed by atoms with Crippen molar-refractivity contribution in [3.63, 3.8) is 0 Å². The number of hydrogen-bond donors (Lipinski definition) is 2. The number of rotatable bonds is 0. The van der Waals surface area contributed by atoms with Gasteiger partial charge >= 0.3 is 0 Å². The molecule has 1 aromatic rings. The lowest BCUT2D eigenvalue weighted by molar-refractivity contribution is 0.0339. The molecule has 0 amide bonds. The first-order chi connectivity index (χ1) is 7.13. The zero-order chi connectivity index (χ0) is 10.6. The topological polar surface area (TPSA) is 35.5 Å². The van der Waals surface area contributed by atoms with Crippen LogP contribution in [0.3, 0.4) is 0 Å². The van der Waals surface area contributed by atoms with Gasteiger partial charge in [0, 0.05) is 24.3 Å². The average Bonchev–Trinajstić information content (AvgIpc) is 2.62. The van der Waals surface area contributed by atoms with E-state index in [1.165, 1.54) is 0 Å². The Morgan fingerprint density at radius 2 is 2.20 bits per heavy atom. The molecule has 0 radical (unpaired) electrons. The number of nitrogens with one attached hydrogen (secondary N) is 1. The number of aliphatic hydroxyl groups is 1. The maximum Gasteiger partial charge on any atom is 0.127 e. The first-order valence-corrected chi connectivity index (χ1v) is 5.44. The molecule has 15 heavy (non-hydrogen) atoms. The monoisotopic (exact) mass is 204 g/mol. The van der Waals surface area contributed by atoms with Gasteiger partial charge < -0.3 is 10.0 Å². The normalized spacial score (nSPS) is 37.9. The third-order valence-electron chi connectivity index (χ3n) is 3.65. The predicted molar refractivity (Wildman–Crippen MR) is 59.7 cm³/mol. The predicted octanol–water partition coefficient (Wildman–Crippen LogP) is 1.03. The summed E-state index contributed by atoms with van der Waals surface area (Å²) < 4.78 is 0. The zero-order valence-corrected chi connectivity index (χ0v) is 9.07. The maximum atomic E-state index is 10.7.